The minimum atomic E-state index is -0.137. The number of halogens is 1. The van der Waals surface area contributed by atoms with E-state index in [1.165, 1.54) is 48.2 Å². The molecule has 4 atom stereocenters. The summed E-state index contributed by atoms with van der Waals surface area (Å²) in [5.74, 6) is 1.81. The third kappa shape index (κ3) is 4.78. The molecule has 1 aromatic carbocycles. The van der Waals surface area contributed by atoms with Crippen molar-refractivity contribution in [2.24, 2.45) is 11.8 Å². The van der Waals surface area contributed by atoms with Gasteiger partial charge in [0.25, 0.3) is 0 Å². The van der Waals surface area contributed by atoms with Crippen LogP contribution >= 0.6 is 11.3 Å². The quantitative estimate of drug-likeness (QED) is 0.313. The van der Waals surface area contributed by atoms with Crippen LogP contribution in [0.2, 0.25) is 0 Å². The van der Waals surface area contributed by atoms with Gasteiger partial charge < -0.3 is 0 Å². The van der Waals surface area contributed by atoms with E-state index in [-0.39, 0.29) is 32.8 Å². The molecule has 1 aliphatic carbocycles. The van der Waals surface area contributed by atoms with E-state index in [1.807, 2.05) is 11.3 Å². The van der Waals surface area contributed by atoms with E-state index in [1.54, 1.807) is 0 Å². The number of nitrogens with one attached hydrogen (secondary N) is 2. The van der Waals surface area contributed by atoms with E-state index >= 15 is 0 Å². The number of aromatic nitrogens is 1. The zero-order chi connectivity index (χ0) is 24.5. The van der Waals surface area contributed by atoms with E-state index < -0.39 is 0 Å². The number of benzene rings is 1. The molecule has 0 bridgehead atoms. The summed E-state index contributed by atoms with van der Waals surface area (Å²) in [6.45, 7) is 5.80. The fourth-order valence-electron chi connectivity index (χ4n) is 7.45. The molecule has 1 aromatic heterocycles. The normalized spacial score (nSPS) is 31.9. The van der Waals surface area contributed by atoms with Gasteiger partial charge in [0, 0.05) is 0 Å². The molecule has 1 unspecified atom stereocenters. The van der Waals surface area contributed by atoms with Crippen LogP contribution in [0, 0.1) is 18.8 Å². The molecule has 3 aliphatic heterocycles. The Bertz CT molecular complexity index is 1050. The van der Waals surface area contributed by atoms with Crippen molar-refractivity contribution >= 4 is 17.2 Å². The van der Waals surface area contributed by atoms with Crippen LogP contribution in [0.1, 0.15) is 78.4 Å². The average Bonchev–Trinajstić information content (AvgIpc) is 3.24. The number of carbonyl (C=O) groups excluding carboxylic acids is 1. The maximum absolute atomic E-state index is 14.7. The number of nitrogens with zero attached hydrogens (tertiary/aromatic N) is 2. The fraction of sp³-hybridized carbons (Fsp3) is 0.655. The average molecular weight is 620 g/mol. The summed E-state index contributed by atoms with van der Waals surface area (Å²) >= 11 is 1.72. The van der Waals surface area contributed by atoms with Crippen molar-refractivity contribution in [2.45, 2.75) is 82.2 Å². The summed E-state index contributed by atoms with van der Waals surface area (Å²) in [6.07, 6.45) is 9.88. The molecule has 4 heterocycles. The number of rotatable bonds is 3. The van der Waals surface area contributed by atoms with E-state index in [0.29, 0.717) is 23.8 Å². The fourth-order valence-corrected chi connectivity index (χ4v) is 11.6. The van der Waals surface area contributed by atoms with Gasteiger partial charge in [-0.2, -0.15) is 0 Å². The van der Waals surface area contributed by atoms with Gasteiger partial charge in [0.15, 0.2) is 0 Å². The Morgan fingerprint density at radius 2 is 2.00 bits per heavy atom. The Hall–Kier alpha value is -1.03. The molecular weight excluding hydrogens is 579 g/mol. The van der Waals surface area contributed by atoms with Crippen LogP contribution in [-0.2, 0) is 16.8 Å². The third-order valence-corrected chi connectivity index (χ3v) is 12.8. The van der Waals surface area contributed by atoms with Crippen LogP contribution in [0.3, 0.4) is 0 Å². The van der Waals surface area contributed by atoms with E-state index in [2.05, 4.69) is 51.0 Å². The minimum absolute atomic E-state index is 0.101. The molecule has 4 aliphatic rings. The van der Waals surface area contributed by atoms with Gasteiger partial charge in [-0.25, -0.2) is 0 Å². The number of thiazole rings is 1. The molecule has 1 saturated carbocycles. The van der Waals surface area contributed by atoms with Gasteiger partial charge >= 0.3 is 232 Å². The second kappa shape index (κ2) is 11.0. The van der Waals surface area contributed by atoms with Gasteiger partial charge in [0.1, 0.15) is 0 Å². The molecule has 3 fully saturated rings. The molecule has 1 amide bonds. The molecule has 36 heavy (non-hydrogen) atoms. The van der Waals surface area contributed by atoms with Crippen molar-refractivity contribution in [1.29, 1.82) is 0 Å². The zero-order valence-electron chi connectivity index (χ0n) is 21.5. The first kappa shape index (κ1) is 25.3. The van der Waals surface area contributed by atoms with Crippen LogP contribution in [0.25, 0.3) is 0 Å². The Morgan fingerprint density at radius 1 is 1.17 bits per heavy atom. The molecule has 0 radical (unpaired) electrons. The van der Waals surface area contributed by atoms with Crippen LogP contribution in [0.5, 0.6) is 0 Å². The van der Waals surface area contributed by atoms with Gasteiger partial charge in [-0.3, -0.25) is 0 Å². The SMILES string of the molecule is Cc1nc2c(s1)[C@]1(CCNC2)CN[I-]CC1C(=O)N1CC[C@@H](c2ccccc2)C[C@H]1C1CCCCC1. The van der Waals surface area contributed by atoms with Crippen molar-refractivity contribution in [2.75, 3.05) is 24.1 Å². The first-order chi connectivity index (χ1) is 17.7. The van der Waals surface area contributed by atoms with E-state index in [9.17, 15) is 4.79 Å². The Morgan fingerprint density at radius 3 is 2.83 bits per heavy atom. The standard InChI is InChI=1S/C29H40IN4OS/c1-20-33-25-18-31-14-13-29(27(25)36-20)19-32-30-17-24(29)28(35)34-15-12-23(21-8-4-2-5-9-21)16-26(34)22-10-6-3-7-11-22/h2,4-5,8-9,22-24,26,31-32H,3,6-7,10-19H2,1H3/q-1/t23-,24?,26+,29-/m1/s1. The van der Waals surface area contributed by atoms with E-state index in [4.69, 9.17) is 4.98 Å². The molecule has 2 N–H and O–H groups in total. The van der Waals surface area contributed by atoms with Crippen LogP contribution in [0.15, 0.2) is 30.3 Å². The first-order valence-electron chi connectivity index (χ1n) is 14.0. The predicted molar refractivity (Wildman–Crippen MR) is 142 cm³/mol. The van der Waals surface area contributed by atoms with Gasteiger partial charge in [-0.1, -0.05) is 0 Å². The monoisotopic (exact) mass is 619 g/mol. The first-order valence-corrected chi connectivity index (χ1v) is 17.4. The number of amides is 1. The third-order valence-electron chi connectivity index (χ3n) is 9.36. The van der Waals surface area contributed by atoms with Crippen LogP contribution < -0.4 is 30.3 Å². The van der Waals surface area contributed by atoms with Crippen LogP contribution in [0.4, 0.5) is 0 Å². The van der Waals surface area contributed by atoms with E-state index in [0.717, 1.165) is 54.9 Å². The van der Waals surface area contributed by atoms with Gasteiger partial charge in [0.05, 0.1) is 0 Å². The van der Waals surface area contributed by atoms with Gasteiger partial charge in [-0.15, -0.1) is 0 Å². The second-order valence-corrected chi connectivity index (χ2v) is 15.0. The van der Waals surface area contributed by atoms with Crippen molar-refractivity contribution < 1.29 is 26.3 Å². The maximum atomic E-state index is 14.7. The Kier molecular flexibility index (Phi) is 7.71. The summed E-state index contributed by atoms with van der Waals surface area (Å²) in [7, 11) is 0. The summed E-state index contributed by atoms with van der Waals surface area (Å²) in [6, 6.07) is 11.5. The van der Waals surface area contributed by atoms with Gasteiger partial charge in [-0.05, 0) is 0 Å². The summed E-state index contributed by atoms with van der Waals surface area (Å²) in [5.41, 5.74) is 2.56. The molecule has 2 aromatic rings. The topological polar surface area (TPSA) is 57.3 Å². The van der Waals surface area contributed by atoms with Crippen molar-refractivity contribution in [3.63, 3.8) is 0 Å². The molecule has 2 saturated heterocycles. The predicted octanol–water partition coefficient (Wildman–Crippen LogP) is 1.76. The number of hydrogen-bond donors (Lipinski definition) is 2. The number of alkyl halides is 1. The Labute approximate surface area is 230 Å². The van der Waals surface area contributed by atoms with Crippen LogP contribution in [-0.4, -0.2) is 45.9 Å². The molecule has 5 nitrogen and oxygen atoms in total. The summed E-state index contributed by atoms with van der Waals surface area (Å²) < 4.78 is 4.85. The number of likely N-dealkylation sites (tertiary alicyclic amines) is 1. The summed E-state index contributed by atoms with van der Waals surface area (Å²) in [5, 5.41) is 4.75. The zero-order valence-corrected chi connectivity index (χ0v) is 24.5. The molecular formula is C29H40IN4OS-. The van der Waals surface area contributed by atoms with Crippen molar-refractivity contribution in [3.05, 3.63) is 51.5 Å². The molecule has 7 heteroatoms. The summed E-state index contributed by atoms with van der Waals surface area (Å²) in [4.78, 5) is 23.5. The van der Waals surface area contributed by atoms with Crippen molar-refractivity contribution in [3.8, 4) is 0 Å². The molecule has 6 rings (SSSR count). The number of aryl methyl sites for hydroxylation is 1. The number of hydrogen-bond acceptors (Lipinski definition) is 5. The van der Waals surface area contributed by atoms with Crippen molar-refractivity contribution in [1.82, 2.24) is 18.7 Å². The molecule has 1 spiro atoms. The second-order valence-electron chi connectivity index (χ2n) is 11.4. The number of carbonyl (C=O) groups is 1. The number of fused-ring (bicyclic) bond motifs is 2. The number of piperidine rings is 1. The Balaban J connectivity index is 1.32. The van der Waals surface area contributed by atoms with Gasteiger partial charge in [0.2, 0.25) is 0 Å². The molecule has 196 valence electrons.